The minimum Gasteiger partial charge on any atom is -0.462 e. The summed E-state index contributed by atoms with van der Waals surface area (Å²) < 4.78 is 10.2. The lowest BCUT2D eigenvalue weighted by atomic mass is 10.1. The number of nitrogens with one attached hydrogen (secondary N) is 1. The monoisotopic (exact) mass is 497 g/mol. The summed E-state index contributed by atoms with van der Waals surface area (Å²) in [7, 11) is 0. The second-order valence-electron chi connectivity index (χ2n) is 8.86. The summed E-state index contributed by atoms with van der Waals surface area (Å²) in [4.78, 5) is 61.0. The first kappa shape index (κ1) is 26.3. The molecule has 2 aromatic carbocycles. The molecule has 1 saturated heterocycles. The maximum atomic E-state index is 12.4. The largest absolute Gasteiger partial charge is 0.462 e. The van der Waals surface area contributed by atoms with Gasteiger partial charge in [0.25, 0.3) is 11.6 Å². The first-order valence-corrected chi connectivity index (χ1v) is 11.3. The number of nitro benzene ring substituents is 1. The molecule has 11 heteroatoms. The molecule has 36 heavy (non-hydrogen) atoms. The van der Waals surface area contributed by atoms with E-state index < -0.39 is 35.3 Å². The minimum absolute atomic E-state index is 0.00608. The van der Waals surface area contributed by atoms with Crippen LogP contribution in [-0.4, -0.2) is 48.4 Å². The third-order valence-corrected chi connectivity index (χ3v) is 5.46. The normalized spacial score (nSPS) is 15.1. The topological polar surface area (TPSA) is 145 Å². The predicted octanol–water partition coefficient (Wildman–Crippen LogP) is 3.25. The van der Waals surface area contributed by atoms with Crippen LogP contribution in [0.1, 0.15) is 36.2 Å². The number of nitrogens with zero attached hydrogens (tertiary/aromatic N) is 2. The number of anilines is 2. The quantitative estimate of drug-likeness (QED) is 0.316. The second-order valence-corrected chi connectivity index (χ2v) is 8.86. The number of nitro groups is 1. The van der Waals surface area contributed by atoms with E-state index in [2.05, 4.69) is 5.32 Å². The van der Waals surface area contributed by atoms with Gasteiger partial charge in [-0.1, -0.05) is 19.9 Å². The Balaban J connectivity index is 1.50. The molecule has 0 unspecified atom stereocenters. The molecule has 190 valence electrons. The molecule has 3 rings (SSSR count). The highest BCUT2D eigenvalue weighted by atomic mass is 16.6. The van der Waals surface area contributed by atoms with Gasteiger partial charge >= 0.3 is 11.9 Å². The van der Waals surface area contributed by atoms with Gasteiger partial charge in [0.1, 0.15) is 0 Å². The van der Waals surface area contributed by atoms with Crippen molar-refractivity contribution in [3.8, 4) is 0 Å². The Labute approximate surface area is 207 Å². The van der Waals surface area contributed by atoms with E-state index in [0.29, 0.717) is 29.1 Å². The second kappa shape index (κ2) is 11.4. The highest BCUT2D eigenvalue weighted by molar-refractivity contribution is 6.00. The maximum absolute atomic E-state index is 12.4. The van der Waals surface area contributed by atoms with Gasteiger partial charge < -0.3 is 19.7 Å². The third-order valence-electron chi connectivity index (χ3n) is 5.46. The van der Waals surface area contributed by atoms with Crippen molar-refractivity contribution < 1.29 is 33.6 Å². The highest BCUT2D eigenvalue weighted by Gasteiger charge is 2.37. The number of benzene rings is 2. The zero-order chi connectivity index (χ0) is 26.4. The van der Waals surface area contributed by atoms with Crippen molar-refractivity contribution >= 4 is 40.8 Å². The summed E-state index contributed by atoms with van der Waals surface area (Å²) in [6, 6.07) is 10.5. The van der Waals surface area contributed by atoms with Gasteiger partial charge in [0.05, 0.1) is 28.7 Å². The molecule has 11 nitrogen and oxygen atoms in total. The molecule has 1 fully saturated rings. The molecule has 0 bridgehead atoms. The van der Waals surface area contributed by atoms with Crippen molar-refractivity contribution in [3.05, 3.63) is 63.7 Å². The van der Waals surface area contributed by atoms with Crippen LogP contribution in [0.4, 0.5) is 17.1 Å². The number of hydrogen-bond donors (Lipinski definition) is 1. The van der Waals surface area contributed by atoms with Crippen molar-refractivity contribution in [2.45, 2.75) is 27.2 Å². The number of ether oxygens (including phenoxy) is 2. The van der Waals surface area contributed by atoms with Crippen LogP contribution in [0.25, 0.3) is 0 Å². The third kappa shape index (κ3) is 6.65. The summed E-state index contributed by atoms with van der Waals surface area (Å²) in [5.41, 5.74) is 1.40. The summed E-state index contributed by atoms with van der Waals surface area (Å²) in [5.74, 6) is -2.73. The molecule has 0 aromatic heterocycles. The van der Waals surface area contributed by atoms with E-state index in [1.807, 2.05) is 13.8 Å². The number of hydrogen-bond acceptors (Lipinski definition) is 8. The number of rotatable bonds is 9. The van der Waals surface area contributed by atoms with Crippen LogP contribution in [0.2, 0.25) is 0 Å². The lowest BCUT2D eigenvalue weighted by Gasteiger charge is -2.16. The van der Waals surface area contributed by atoms with E-state index in [-0.39, 0.29) is 30.5 Å². The Kier molecular flexibility index (Phi) is 8.36. The van der Waals surface area contributed by atoms with E-state index in [4.69, 9.17) is 9.47 Å². The molecule has 2 amide bonds. The minimum atomic E-state index is -0.804. The van der Waals surface area contributed by atoms with Crippen LogP contribution < -0.4 is 10.2 Å². The Morgan fingerprint density at radius 2 is 1.83 bits per heavy atom. The Bertz CT molecular complexity index is 1180. The molecular weight excluding hydrogens is 470 g/mol. The number of esters is 2. The standard InChI is InChI=1S/C25H27N3O8/c1-15(2)13-35-24(31)17-5-7-19(8-6-17)26-22(29)14-36-25(32)18-10-23(30)27(12-18)20-9-4-16(3)21(11-20)28(33)34/h4-9,11,15,18H,10,12-14H2,1-3H3,(H,26,29)/t18-/m1/s1. The fourth-order valence-electron chi connectivity index (χ4n) is 3.54. The van der Waals surface area contributed by atoms with E-state index in [1.165, 1.54) is 41.3 Å². The predicted molar refractivity (Wildman–Crippen MR) is 129 cm³/mol. The molecule has 0 spiro atoms. The van der Waals surface area contributed by atoms with Crippen molar-refractivity contribution in [2.75, 3.05) is 30.0 Å². The van der Waals surface area contributed by atoms with Gasteiger partial charge in [-0.3, -0.25) is 24.5 Å². The molecule has 1 N–H and O–H groups in total. The number of carbonyl (C=O) groups excluding carboxylic acids is 4. The van der Waals surface area contributed by atoms with Crippen LogP contribution in [0, 0.1) is 28.9 Å². The van der Waals surface area contributed by atoms with Crippen molar-refractivity contribution in [1.82, 2.24) is 0 Å². The zero-order valence-corrected chi connectivity index (χ0v) is 20.2. The van der Waals surface area contributed by atoms with Gasteiger partial charge in [-0.15, -0.1) is 0 Å². The lowest BCUT2D eigenvalue weighted by Crippen LogP contribution is -2.28. The molecule has 0 radical (unpaired) electrons. The molecule has 1 atom stereocenters. The van der Waals surface area contributed by atoms with Gasteiger partial charge in [0.15, 0.2) is 6.61 Å². The first-order valence-electron chi connectivity index (χ1n) is 11.3. The van der Waals surface area contributed by atoms with Crippen LogP contribution >= 0.6 is 0 Å². The Hall–Kier alpha value is -4.28. The highest BCUT2D eigenvalue weighted by Crippen LogP contribution is 2.30. The van der Waals surface area contributed by atoms with Crippen molar-refractivity contribution in [1.29, 1.82) is 0 Å². The van der Waals surface area contributed by atoms with Crippen molar-refractivity contribution in [2.24, 2.45) is 11.8 Å². The molecule has 0 saturated carbocycles. The summed E-state index contributed by atoms with van der Waals surface area (Å²) >= 11 is 0. The maximum Gasteiger partial charge on any atom is 0.338 e. The summed E-state index contributed by atoms with van der Waals surface area (Å²) in [6.45, 7) is 5.19. The first-order chi connectivity index (χ1) is 17.0. The molecule has 0 aliphatic carbocycles. The number of amides is 2. The number of aryl methyl sites for hydroxylation is 1. The average Bonchev–Trinajstić information content (AvgIpc) is 3.23. The zero-order valence-electron chi connectivity index (χ0n) is 20.2. The van der Waals surface area contributed by atoms with Gasteiger partial charge in [-0.05, 0) is 43.2 Å². The van der Waals surface area contributed by atoms with E-state index >= 15 is 0 Å². The van der Waals surface area contributed by atoms with Crippen LogP contribution in [0.5, 0.6) is 0 Å². The molecule has 2 aromatic rings. The molecule has 1 heterocycles. The van der Waals surface area contributed by atoms with Gasteiger partial charge in [-0.2, -0.15) is 0 Å². The van der Waals surface area contributed by atoms with Gasteiger partial charge in [0.2, 0.25) is 5.91 Å². The number of carbonyl (C=O) groups is 4. The molecular formula is C25H27N3O8. The summed E-state index contributed by atoms with van der Waals surface area (Å²) in [5, 5.41) is 13.7. The van der Waals surface area contributed by atoms with Crippen molar-refractivity contribution in [3.63, 3.8) is 0 Å². The van der Waals surface area contributed by atoms with Crippen LogP contribution in [-0.2, 0) is 23.9 Å². The van der Waals surface area contributed by atoms with Gasteiger partial charge in [-0.25, -0.2) is 4.79 Å². The average molecular weight is 498 g/mol. The van der Waals surface area contributed by atoms with Crippen LogP contribution in [0.15, 0.2) is 42.5 Å². The Morgan fingerprint density at radius 3 is 2.47 bits per heavy atom. The van der Waals surface area contributed by atoms with E-state index in [0.717, 1.165) is 0 Å². The van der Waals surface area contributed by atoms with E-state index in [9.17, 15) is 29.3 Å². The SMILES string of the molecule is Cc1ccc(N2C[C@H](C(=O)OCC(=O)Nc3ccc(C(=O)OCC(C)C)cc3)CC2=O)cc1[N+](=O)[O-]. The molecule has 1 aliphatic rings. The van der Waals surface area contributed by atoms with E-state index in [1.54, 1.807) is 13.0 Å². The fraction of sp³-hybridized carbons (Fsp3) is 0.360. The van der Waals surface area contributed by atoms with Crippen LogP contribution in [0.3, 0.4) is 0 Å². The lowest BCUT2D eigenvalue weighted by molar-refractivity contribution is -0.385. The van der Waals surface area contributed by atoms with Gasteiger partial charge in [0, 0.05) is 30.3 Å². The fourth-order valence-corrected chi connectivity index (χ4v) is 3.54. The summed E-state index contributed by atoms with van der Waals surface area (Å²) in [6.07, 6.45) is -0.128. The smallest absolute Gasteiger partial charge is 0.338 e. The molecule has 1 aliphatic heterocycles. The Morgan fingerprint density at radius 1 is 1.14 bits per heavy atom.